The van der Waals surface area contributed by atoms with Crippen molar-refractivity contribution in [1.29, 1.82) is 0 Å². The molecule has 0 aliphatic heterocycles. The Bertz CT molecular complexity index is 737. The molecule has 0 unspecified atom stereocenters. The van der Waals surface area contributed by atoms with E-state index in [-0.39, 0.29) is 28.2 Å². The van der Waals surface area contributed by atoms with Crippen LogP contribution in [-0.4, -0.2) is 14.8 Å². The maximum atomic E-state index is 10.9. The number of nitrogen functional groups attached to an aromatic ring is 1. The maximum absolute atomic E-state index is 10.9. The van der Waals surface area contributed by atoms with Gasteiger partial charge in [-0.05, 0) is 12.1 Å². The second-order valence-electron chi connectivity index (χ2n) is 3.82. The molecule has 0 radical (unpaired) electrons. The summed E-state index contributed by atoms with van der Waals surface area (Å²) in [5.41, 5.74) is 4.69. The summed E-state index contributed by atoms with van der Waals surface area (Å²) in [5.74, 6) is -0.528. The molecule has 9 nitrogen and oxygen atoms in total. The largest absolute Gasteiger partial charge is 0.431 e. The normalized spacial score (nSPS) is 10.1. The number of nitrogens with two attached hydrogens (primary N) is 1. The fourth-order valence-corrected chi connectivity index (χ4v) is 1.67. The molecule has 0 bridgehead atoms. The monoisotopic (exact) mass is 310 g/mol. The number of hydrogen-bond acceptors (Lipinski definition) is 7. The summed E-state index contributed by atoms with van der Waals surface area (Å²) < 4.78 is 5.20. The van der Waals surface area contributed by atoms with E-state index in [2.05, 4.69) is 4.98 Å². The van der Waals surface area contributed by atoms with Crippen molar-refractivity contribution < 1.29 is 14.6 Å². The Balaban J connectivity index is 2.43. The van der Waals surface area contributed by atoms with Crippen LogP contribution in [0.25, 0.3) is 0 Å². The zero-order chi connectivity index (χ0) is 15.6. The van der Waals surface area contributed by atoms with Crippen LogP contribution < -0.4 is 10.5 Å². The van der Waals surface area contributed by atoms with Gasteiger partial charge in [0, 0.05) is 11.1 Å². The summed E-state index contributed by atoms with van der Waals surface area (Å²) in [4.78, 5) is 24.0. The first-order valence-corrected chi connectivity index (χ1v) is 5.78. The van der Waals surface area contributed by atoms with Gasteiger partial charge in [-0.1, -0.05) is 11.6 Å². The first kappa shape index (κ1) is 14.5. The van der Waals surface area contributed by atoms with E-state index in [1.807, 2.05) is 0 Å². The molecule has 0 aliphatic rings. The SMILES string of the molecule is Nc1cc([N+](=O)[O-])cc(Oc2ccc(Cl)cc2[N+](=O)[O-])n1. The van der Waals surface area contributed by atoms with E-state index in [1.165, 1.54) is 12.1 Å². The van der Waals surface area contributed by atoms with Crippen molar-refractivity contribution in [1.82, 2.24) is 4.98 Å². The summed E-state index contributed by atoms with van der Waals surface area (Å²) in [6.45, 7) is 0. The Hall–Kier alpha value is -2.94. The molecule has 2 rings (SSSR count). The van der Waals surface area contributed by atoms with E-state index < -0.39 is 15.5 Å². The highest BCUT2D eigenvalue weighted by Crippen LogP contribution is 2.34. The van der Waals surface area contributed by atoms with Crippen LogP contribution >= 0.6 is 11.6 Å². The third-order valence-electron chi connectivity index (χ3n) is 2.35. The van der Waals surface area contributed by atoms with Crippen LogP contribution in [0.5, 0.6) is 11.6 Å². The van der Waals surface area contributed by atoms with Crippen molar-refractivity contribution in [2.75, 3.05) is 5.73 Å². The first-order chi connectivity index (χ1) is 9.86. The number of ether oxygens (including phenoxy) is 1. The van der Waals surface area contributed by atoms with Crippen molar-refractivity contribution in [3.8, 4) is 11.6 Å². The average Bonchev–Trinajstić information content (AvgIpc) is 2.40. The van der Waals surface area contributed by atoms with Crippen LogP contribution in [0.1, 0.15) is 0 Å². The van der Waals surface area contributed by atoms with Gasteiger partial charge in [0.25, 0.3) is 5.69 Å². The molecule has 21 heavy (non-hydrogen) atoms. The molecule has 2 N–H and O–H groups in total. The second-order valence-corrected chi connectivity index (χ2v) is 4.25. The quantitative estimate of drug-likeness (QED) is 0.677. The van der Waals surface area contributed by atoms with Gasteiger partial charge >= 0.3 is 5.69 Å². The third-order valence-corrected chi connectivity index (χ3v) is 2.58. The summed E-state index contributed by atoms with van der Waals surface area (Å²) in [6.07, 6.45) is 0. The van der Waals surface area contributed by atoms with Gasteiger partial charge in [-0.15, -0.1) is 0 Å². The van der Waals surface area contributed by atoms with Crippen LogP contribution in [0.4, 0.5) is 17.2 Å². The van der Waals surface area contributed by atoms with Crippen molar-refractivity contribution in [3.05, 3.63) is 55.6 Å². The van der Waals surface area contributed by atoms with Gasteiger partial charge in [-0.2, -0.15) is 4.98 Å². The van der Waals surface area contributed by atoms with E-state index in [0.717, 1.165) is 18.2 Å². The van der Waals surface area contributed by atoms with Gasteiger partial charge in [0.2, 0.25) is 11.6 Å². The van der Waals surface area contributed by atoms with E-state index in [4.69, 9.17) is 22.1 Å². The van der Waals surface area contributed by atoms with Crippen molar-refractivity contribution in [3.63, 3.8) is 0 Å². The zero-order valence-electron chi connectivity index (χ0n) is 10.2. The molecule has 1 aromatic carbocycles. The number of hydrogen-bond donors (Lipinski definition) is 1. The zero-order valence-corrected chi connectivity index (χ0v) is 11.0. The lowest BCUT2D eigenvalue weighted by Gasteiger charge is -2.06. The Morgan fingerprint density at radius 1 is 1.14 bits per heavy atom. The number of rotatable bonds is 4. The van der Waals surface area contributed by atoms with Crippen LogP contribution in [0.15, 0.2) is 30.3 Å². The molecule has 1 aromatic heterocycles. The van der Waals surface area contributed by atoms with Gasteiger partial charge in [0.1, 0.15) is 5.82 Å². The molecule has 0 saturated carbocycles. The molecule has 10 heteroatoms. The Morgan fingerprint density at radius 2 is 1.86 bits per heavy atom. The number of halogens is 1. The highest BCUT2D eigenvalue weighted by molar-refractivity contribution is 6.30. The maximum Gasteiger partial charge on any atom is 0.313 e. The minimum absolute atomic E-state index is 0.143. The van der Waals surface area contributed by atoms with Crippen molar-refractivity contribution in [2.45, 2.75) is 0 Å². The van der Waals surface area contributed by atoms with Crippen molar-refractivity contribution in [2.24, 2.45) is 0 Å². The average molecular weight is 311 g/mol. The van der Waals surface area contributed by atoms with Crippen LogP contribution in [0.3, 0.4) is 0 Å². The predicted octanol–water partition coefficient (Wildman–Crippen LogP) is 2.93. The smallest absolute Gasteiger partial charge is 0.313 e. The lowest BCUT2D eigenvalue weighted by molar-refractivity contribution is -0.386. The predicted molar refractivity (Wildman–Crippen MR) is 73.5 cm³/mol. The number of aromatic nitrogens is 1. The Labute approximate surface area is 122 Å². The van der Waals surface area contributed by atoms with Crippen LogP contribution in [0.2, 0.25) is 5.02 Å². The van der Waals surface area contributed by atoms with Crippen LogP contribution in [0, 0.1) is 20.2 Å². The highest BCUT2D eigenvalue weighted by Gasteiger charge is 2.18. The summed E-state index contributed by atoms with van der Waals surface area (Å²) in [7, 11) is 0. The number of anilines is 1. The van der Waals surface area contributed by atoms with Gasteiger partial charge in [0.15, 0.2) is 0 Å². The Kier molecular flexibility index (Phi) is 3.85. The molecule has 0 aliphatic carbocycles. The van der Waals surface area contributed by atoms with Gasteiger partial charge < -0.3 is 10.5 Å². The molecule has 0 amide bonds. The van der Waals surface area contributed by atoms with E-state index in [1.54, 1.807) is 0 Å². The number of pyridine rings is 1. The van der Waals surface area contributed by atoms with Crippen molar-refractivity contribution >= 4 is 28.8 Å². The molecular weight excluding hydrogens is 304 g/mol. The first-order valence-electron chi connectivity index (χ1n) is 5.40. The van der Waals surface area contributed by atoms with E-state index >= 15 is 0 Å². The number of nitrogens with zero attached hydrogens (tertiary/aromatic N) is 3. The van der Waals surface area contributed by atoms with Gasteiger partial charge in [0.05, 0.1) is 22.0 Å². The second kappa shape index (κ2) is 5.59. The summed E-state index contributed by atoms with van der Waals surface area (Å²) in [6, 6.07) is 5.79. The number of nitro benzene ring substituents is 1. The highest BCUT2D eigenvalue weighted by atomic mass is 35.5. The molecule has 2 aromatic rings. The Morgan fingerprint density at radius 3 is 2.48 bits per heavy atom. The minimum atomic E-state index is -0.693. The lowest BCUT2D eigenvalue weighted by Crippen LogP contribution is -1.99. The summed E-state index contributed by atoms with van der Waals surface area (Å²) >= 11 is 5.67. The number of nitro groups is 2. The van der Waals surface area contributed by atoms with Gasteiger partial charge in [-0.25, -0.2) is 0 Å². The number of benzene rings is 1. The molecule has 0 fully saturated rings. The van der Waals surface area contributed by atoms with Gasteiger partial charge in [-0.3, -0.25) is 20.2 Å². The van der Waals surface area contributed by atoms with Crippen LogP contribution in [-0.2, 0) is 0 Å². The summed E-state index contributed by atoms with van der Waals surface area (Å²) in [5, 5.41) is 21.8. The molecule has 1 heterocycles. The fourth-order valence-electron chi connectivity index (χ4n) is 1.50. The standard InChI is InChI=1S/C11H7ClN4O5/c12-6-1-2-9(8(3-6)16(19)20)21-11-5-7(15(17)18)4-10(13)14-11/h1-5H,(H2,13,14). The fraction of sp³-hybridized carbons (Fsp3) is 0. The minimum Gasteiger partial charge on any atom is -0.431 e. The molecular formula is C11H7ClN4O5. The molecule has 0 atom stereocenters. The topological polar surface area (TPSA) is 134 Å². The third kappa shape index (κ3) is 3.34. The van der Waals surface area contributed by atoms with E-state index in [9.17, 15) is 20.2 Å². The molecule has 108 valence electrons. The molecule has 0 saturated heterocycles. The molecule has 0 spiro atoms. The lowest BCUT2D eigenvalue weighted by atomic mass is 10.3. The van der Waals surface area contributed by atoms with E-state index in [0.29, 0.717) is 0 Å².